The number of aromatic nitrogens is 2. The van der Waals surface area contributed by atoms with Crippen LogP contribution in [0.4, 0.5) is 5.82 Å². The maximum Gasteiger partial charge on any atom is 0.230 e. The zero-order chi connectivity index (χ0) is 18.8. The molecule has 1 N–H and O–H groups in total. The molecule has 142 valence electrons. The summed E-state index contributed by atoms with van der Waals surface area (Å²) in [6.45, 7) is 3.14. The number of hydrogen-bond donors (Lipinski definition) is 1. The van der Waals surface area contributed by atoms with Crippen LogP contribution in [0.5, 0.6) is 0 Å². The highest BCUT2D eigenvalue weighted by atomic mass is 16.2. The summed E-state index contributed by atoms with van der Waals surface area (Å²) in [5.74, 6) is 0.765. The van der Waals surface area contributed by atoms with E-state index in [2.05, 4.69) is 5.32 Å². The number of nitrogens with one attached hydrogen (secondary N) is 1. The normalized spacial score (nSPS) is 19.0. The Morgan fingerprint density at radius 2 is 2.00 bits per heavy atom. The van der Waals surface area contributed by atoms with Gasteiger partial charge in [0, 0.05) is 25.1 Å². The number of carbonyl (C=O) groups is 2. The molecule has 1 atom stereocenters. The number of nitrogens with zero attached hydrogens (tertiary/aromatic N) is 3. The fourth-order valence-corrected chi connectivity index (χ4v) is 4.14. The van der Waals surface area contributed by atoms with Crippen molar-refractivity contribution in [1.29, 1.82) is 0 Å². The van der Waals surface area contributed by atoms with Gasteiger partial charge in [-0.3, -0.25) is 9.59 Å². The molecule has 1 fully saturated rings. The minimum absolute atomic E-state index is 0.00427. The van der Waals surface area contributed by atoms with Gasteiger partial charge in [-0.2, -0.15) is 5.10 Å². The fraction of sp³-hybridized carbons (Fsp3) is 0.476. The molecule has 1 aromatic heterocycles. The van der Waals surface area contributed by atoms with Crippen molar-refractivity contribution >= 4 is 17.6 Å². The summed E-state index contributed by atoms with van der Waals surface area (Å²) in [7, 11) is 0. The van der Waals surface area contributed by atoms with Gasteiger partial charge < -0.3 is 10.2 Å². The first-order valence-electron chi connectivity index (χ1n) is 9.92. The van der Waals surface area contributed by atoms with Crippen LogP contribution in [-0.4, -0.2) is 39.6 Å². The number of benzene rings is 1. The lowest BCUT2D eigenvalue weighted by Gasteiger charge is -2.32. The molecular formula is C21H26N4O2. The number of carbonyl (C=O) groups excluding carboxylic acids is 2. The van der Waals surface area contributed by atoms with Crippen molar-refractivity contribution in [2.75, 3.05) is 18.4 Å². The third-order valence-corrected chi connectivity index (χ3v) is 5.60. The van der Waals surface area contributed by atoms with E-state index in [0.717, 1.165) is 61.4 Å². The Balaban J connectivity index is 1.57. The average Bonchev–Trinajstić information content (AvgIpc) is 3.30. The second kappa shape index (κ2) is 7.55. The van der Waals surface area contributed by atoms with E-state index in [1.165, 1.54) is 0 Å². The molecule has 4 rings (SSSR count). The average molecular weight is 366 g/mol. The predicted octanol–water partition coefficient (Wildman–Crippen LogP) is 2.95. The van der Waals surface area contributed by atoms with E-state index < -0.39 is 0 Å². The van der Waals surface area contributed by atoms with E-state index in [9.17, 15) is 9.59 Å². The van der Waals surface area contributed by atoms with Gasteiger partial charge in [0.05, 0.1) is 17.3 Å². The van der Waals surface area contributed by atoms with E-state index in [1.807, 2.05) is 46.8 Å². The molecule has 6 nitrogen and oxygen atoms in total. The van der Waals surface area contributed by atoms with Gasteiger partial charge in [-0.25, -0.2) is 4.68 Å². The van der Waals surface area contributed by atoms with Crippen molar-refractivity contribution in [3.05, 3.63) is 41.6 Å². The third-order valence-electron chi connectivity index (χ3n) is 5.60. The predicted molar refractivity (Wildman–Crippen MR) is 104 cm³/mol. The van der Waals surface area contributed by atoms with E-state index in [4.69, 9.17) is 5.10 Å². The SMILES string of the molecule is CCC(=O)N1CCCC(C(=O)Nc2c3c(nn2-c2ccccc2)CCC3)C1. The molecule has 2 heterocycles. The van der Waals surface area contributed by atoms with Gasteiger partial charge >= 0.3 is 0 Å². The number of aryl methyl sites for hydroxylation is 1. The minimum Gasteiger partial charge on any atom is -0.342 e. The van der Waals surface area contributed by atoms with Gasteiger partial charge in [0.2, 0.25) is 11.8 Å². The van der Waals surface area contributed by atoms with Crippen LogP contribution in [0.1, 0.15) is 43.9 Å². The van der Waals surface area contributed by atoms with Crippen LogP contribution in [0, 0.1) is 5.92 Å². The lowest BCUT2D eigenvalue weighted by Crippen LogP contribution is -2.43. The van der Waals surface area contributed by atoms with Crippen LogP contribution in [0.25, 0.3) is 5.69 Å². The molecule has 27 heavy (non-hydrogen) atoms. The van der Waals surface area contributed by atoms with Crippen molar-refractivity contribution < 1.29 is 9.59 Å². The van der Waals surface area contributed by atoms with Crippen molar-refractivity contribution in [3.63, 3.8) is 0 Å². The first kappa shape index (κ1) is 17.8. The summed E-state index contributed by atoms with van der Waals surface area (Å²) in [5.41, 5.74) is 3.19. The number of para-hydroxylation sites is 1. The van der Waals surface area contributed by atoms with Crippen molar-refractivity contribution in [2.45, 2.75) is 45.4 Å². The molecule has 0 radical (unpaired) electrons. The van der Waals surface area contributed by atoms with Crippen LogP contribution in [0.3, 0.4) is 0 Å². The van der Waals surface area contributed by atoms with Gasteiger partial charge in [0.25, 0.3) is 0 Å². The van der Waals surface area contributed by atoms with Crippen LogP contribution in [0.15, 0.2) is 30.3 Å². The fourth-order valence-electron chi connectivity index (χ4n) is 4.14. The Bertz CT molecular complexity index is 843. The lowest BCUT2D eigenvalue weighted by molar-refractivity contribution is -0.134. The van der Waals surface area contributed by atoms with Crippen LogP contribution in [0.2, 0.25) is 0 Å². The van der Waals surface area contributed by atoms with Gasteiger partial charge in [-0.15, -0.1) is 0 Å². The van der Waals surface area contributed by atoms with E-state index >= 15 is 0 Å². The highest BCUT2D eigenvalue weighted by molar-refractivity contribution is 5.93. The van der Waals surface area contributed by atoms with Crippen molar-refractivity contribution in [3.8, 4) is 5.69 Å². The number of likely N-dealkylation sites (tertiary alicyclic amines) is 1. The van der Waals surface area contributed by atoms with E-state index in [-0.39, 0.29) is 17.7 Å². The molecule has 0 spiro atoms. The molecule has 0 saturated carbocycles. The van der Waals surface area contributed by atoms with Gasteiger partial charge in [-0.1, -0.05) is 25.1 Å². The Morgan fingerprint density at radius 1 is 1.19 bits per heavy atom. The van der Waals surface area contributed by atoms with Crippen LogP contribution in [-0.2, 0) is 22.4 Å². The number of amides is 2. The van der Waals surface area contributed by atoms with Gasteiger partial charge in [0.15, 0.2) is 0 Å². The number of hydrogen-bond acceptors (Lipinski definition) is 3. The van der Waals surface area contributed by atoms with E-state index in [1.54, 1.807) is 0 Å². The summed E-state index contributed by atoms with van der Waals surface area (Å²) in [4.78, 5) is 26.9. The molecule has 1 unspecified atom stereocenters. The van der Waals surface area contributed by atoms with Crippen LogP contribution >= 0.6 is 0 Å². The largest absolute Gasteiger partial charge is 0.342 e. The molecule has 2 aliphatic rings. The Labute approximate surface area is 159 Å². The summed E-state index contributed by atoms with van der Waals surface area (Å²) in [6, 6.07) is 9.92. The second-order valence-corrected chi connectivity index (χ2v) is 7.40. The lowest BCUT2D eigenvalue weighted by atomic mass is 9.97. The molecular weight excluding hydrogens is 340 g/mol. The summed E-state index contributed by atoms with van der Waals surface area (Å²) >= 11 is 0. The van der Waals surface area contributed by atoms with Crippen LogP contribution < -0.4 is 5.32 Å². The zero-order valence-electron chi connectivity index (χ0n) is 15.8. The first-order chi connectivity index (χ1) is 13.2. The molecule has 2 aromatic rings. The number of fused-ring (bicyclic) bond motifs is 1. The summed E-state index contributed by atoms with van der Waals surface area (Å²) < 4.78 is 1.86. The smallest absolute Gasteiger partial charge is 0.230 e. The number of rotatable bonds is 4. The van der Waals surface area contributed by atoms with Gasteiger partial charge in [-0.05, 0) is 44.2 Å². The summed E-state index contributed by atoms with van der Waals surface area (Å²) in [6.07, 6.45) is 5.17. The van der Waals surface area contributed by atoms with E-state index in [0.29, 0.717) is 13.0 Å². The number of piperidine rings is 1. The zero-order valence-corrected chi connectivity index (χ0v) is 15.8. The minimum atomic E-state index is -0.162. The third kappa shape index (κ3) is 3.48. The molecule has 1 aliphatic heterocycles. The molecule has 6 heteroatoms. The van der Waals surface area contributed by atoms with Crippen molar-refractivity contribution in [1.82, 2.24) is 14.7 Å². The Hall–Kier alpha value is -2.63. The van der Waals surface area contributed by atoms with Crippen molar-refractivity contribution in [2.24, 2.45) is 5.92 Å². The maximum absolute atomic E-state index is 13.0. The quantitative estimate of drug-likeness (QED) is 0.905. The molecule has 1 saturated heterocycles. The topological polar surface area (TPSA) is 67.2 Å². The Morgan fingerprint density at radius 3 is 2.78 bits per heavy atom. The molecule has 1 aliphatic carbocycles. The maximum atomic E-state index is 13.0. The first-order valence-corrected chi connectivity index (χ1v) is 9.92. The Kier molecular flexibility index (Phi) is 4.97. The molecule has 1 aromatic carbocycles. The second-order valence-electron chi connectivity index (χ2n) is 7.40. The highest BCUT2D eigenvalue weighted by Gasteiger charge is 2.30. The summed E-state index contributed by atoms with van der Waals surface area (Å²) in [5, 5.41) is 7.91. The molecule has 0 bridgehead atoms. The van der Waals surface area contributed by atoms with Gasteiger partial charge in [0.1, 0.15) is 5.82 Å². The monoisotopic (exact) mass is 366 g/mol. The molecule has 2 amide bonds. The number of anilines is 1. The standard InChI is InChI=1S/C21H26N4O2/c1-2-19(26)24-13-7-8-15(14-24)21(27)22-20-17-11-6-12-18(17)23-25(20)16-9-4-3-5-10-16/h3-5,9-10,15H,2,6-8,11-14H2,1H3,(H,22,27). The highest BCUT2D eigenvalue weighted by Crippen LogP contribution is 2.31.